The molecule has 0 amide bonds. The van der Waals surface area contributed by atoms with Crippen molar-refractivity contribution in [3.05, 3.63) is 50.1 Å². The predicted molar refractivity (Wildman–Crippen MR) is 114 cm³/mol. The van der Waals surface area contributed by atoms with Crippen LogP contribution >= 0.6 is 0 Å². The number of benzene rings is 1. The van der Waals surface area contributed by atoms with Gasteiger partial charge in [0.2, 0.25) is 11.1 Å². The summed E-state index contributed by atoms with van der Waals surface area (Å²) >= 11 is 0. The molecule has 2 bridgehead atoms. The molecule has 2 aliphatic rings. The van der Waals surface area contributed by atoms with Gasteiger partial charge in [0.25, 0.3) is 0 Å². The van der Waals surface area contributed by atoms with Crippen LogP contribution in [0.1, 0.15) is 51.0 Å². The van der Waals surface area contributed by atoms with E-state index in [1.54, 1.807) is 38.1 Å². The number of nitrogens with zero attached hydrogens (tertiary/aromatic N) is 2. The highest BCUT2D eigenvalue weighted by molar-refractivity contribution is 5.75. The molecular formula is C22H28N2O9. The van der Waals surface area contributed by atoms with Crippen molar-refractivity contribution in [2.45, 2.75) is 56.5 Å². The number of esters is 2. The van der Waals surface area contributed by atoms with Gasteiger partial charge in [0, 0.05) is 35.5 Å². The Morgan fingerprint density at radius 1 is 0.879 bits per heavy atom. The third-order valence-electron chi connectivity index (χ3n) is 6.89. The number of rotatable bonds is 8. The average Bonchev–Trinajstić information content (AvgIpc) is 2.78. The van der Waals surface area contributed by atoms with E-state index in [2.05, 4.69) is 0 Å². The highest BCUT2D eigenvalue weighted by Gasteiger charge is 2.75. The SMILES string of the molecule is CCOC(=O)C1CC2([N+](=O)[O-])CC(C(=O)OCC)CC([N+](=O)[O-])(C1)C2c1ccc(OC)cc1. The van der Waals surface area contributed by atoms with E-state index in [0.29, 0.717) is 11.3 Å². The molecule has 33 heavy (non-hydrogen) atoms. The number of carbonyl (C=O) groups is 2. The predicted octanol–water partition coefficient (Wildman–Crippen LogP) is 2.76. The summed E-state index contributed by atoms with van der Waals surface area (Å²) in [5, 5.41) is 25.3. The molecule has 0 N–H and O–H groups in total. The fourth-order valence-corrected chi connectivity index (χ4v) is 5.77. The van der Waals surface area contributed by atoms with Gasteiger partial charge in [-0.3, -0.25) is 29.8 Å². The van der Waals surface area contributed by atoms with Crippen LogP contribution < -0.4 is 4.74 Å². The van der Waals surface area contributed by atoms with Gasteiger partial charge in [-0.2, -0.15) is 0 Å². The smallest absolute Gasteiger partial charge is 0.309 e. The number of hydrogen-bond donors (Lipinski definition) is 0. The quantitative estimate of drug-likeness (QED) is 0.321. The molecule has 2 fully saturated rings. The number of methoxy groups -OCH3 is 1. The fourth-order valence-electron chi connectivity index (χ4n) is 5.77. The van der Waals surface area contributed by atoms with Crippen molar-refractivity contribution in [1.29, 1.82) is 0 Å². The summed E-state index contributed by atoms with van der Waals surface area (Å²) in [7, 11) is 1.47. The number of fused-ring (bicyclic) bond motifs is 2. The van der Waals surface area contributed by atoms with Crippen LogP contribution in [0.2, 0.25) is 0 Å². The summed E-state index contributed by atoms with van der Waals surface area (Å²) in [5.74, 6) is -4.11. The molecule has 11 heteroatoms. The Kier molecular flexibility index (Phi) is 6.89. The van der Waals surface area contributed by atoms with Crippen molar-refractivity contribution in [1.82, 2.24) is 0 Å². The standard InChI is InChI=1S/C22H28N2O9/c1-4-32-19(25)15-10-21(23(27)28)12-16(20(26)33-5-2)13-22(11-15,24(29)30)18(21)14-6-8-17(31-3)9-7-14/h6-9,15-16,18H,4-5,10-13H2,1-3H3. The molecule has 0 heterocycles. The van der Waals surface area contributed by atoms with Gasteiger partial charge in [0.1, 0.15) is 11.7 Å². The van der Waals surface area contributed by atoms with Gasteiger partial charge >= 0.3 is 11.9 Å². The van der Waals surface area contributed by atoms with E-state index in [4.69, 9.17) is 14.2 Å². The molecule has 1 aromatic rings. The first-order valence-electron chi connectivity index (χ1n) is 10.9. The Hall–Kier alpha value is -3.24. The van der Waals surface area contributed by atoms with Crippen molar-refractivity contribution in [3.8, 4) is 5.75 Å². The lowest BCUT2D eigenvalue weighted by molar-refractivity contribution is -0.644. The van der Waals surface area contributed by atoms with Gasteiger partial charge < -0.3 is 14.2 Å². The van der Waals surface area contributed by atoms with Crippen LogP contribution in [-0.4, -0.2) is 53.2 Å². The normalized spacial score (nSPS) is 30.7. The maximum atomic E-state index is 12.7. The number of carbonyl (C=O) groups excluding carboxylic acids is 2. The molecule has 0 aromatic heterocycles. The molecule has 0 aliphatic heterocycles. The third-order valence-corrected chi connectivity index (χ3v) is 6.89. The Balaban J connectivity index is 2.22. The fraction of sp³-hybridized carbons (Fsp3) is 0.636. The van der Waals surface area contributed by atoms with Gasteiger partial charge in [-0.1, -0.05) is 12.1 Å². The maximum Gasteiger partial charge on any atom is 0.309 e. The zero-order valence-electron chi connectivity index (χ0n) is 18.9. The Morgan fingerprint density at radius 3 is 1.58 bits per heavy atom. The van der Waals surface area contributed by atoms with Crippen LogP contribution in [0, 0.1) is 32.1 Å². The van der Waals surface area contributed by atoms with Crippen molar-refractivity contribution in [3.63, 3.8) is 0 Å². The lowest BCUT2D eigenvalue weighted by Crippen LogP contribution is -2.68. The van der Waals surface area contributed by atoms with Gasteiger partial charge in [-0.15, -0.1) is 0 Å². The summed E-state index contributed by atoms with van der Waals surface area (Å²) in [6.45, 7) is 3.31. The molecule has 2 aliphatic carbocycles. The second-order valence-electron chi connectivity index (χ2n) is 8.64. The molecule has 0 unspecified atom stereocenters. The van der Waals surface area contributed by atoms with Crippen LogP contribution in [0.3, 0.4) is 0 Å². The van der Waals surface area contributed by atoms with E-state index in [1.807, 2.05) is 0 Å². The van der Waals surface area contributed by atoms with Crippen molar-refractivity contribution in [2.24, 2.45) is 11.8 Å². The van der Waals surface area contributed by atoms with E-state index in [-0.39, 0.29) is 38.9 Å². The van der Waals surface area contributed by atoms with Gasteiger partial charge in [-0.05, 0) is 31.5 Å². The largest absolute Gasteiger partial charge is 0.497 e. The number of hydrogen-bond acceptors (Lipinski definition) is 9. The maximum absolute atomic E-state index is 12.7. The highest BCUT2D eigenvalue weighted by Crippen LogP contribution is 2.60. The first-order chi connectivity index (χ1) is 15.6. The Labute approximate surface area is 190 Å². The van der Waals surface area contributed by atoms with Crippen molar-refractivity contribution >= 4 is 11.9 Å². The number of nitro groups is 2. The zero-order valence-corrected chi connectivity index (χ0v) is 18.9. The molecule has 11 nitrogen and oxygen atoms in total. The first kappa shape index (κ1) is 24.4. The van der Waals surface area contributed by atoms with E-state index in [1.165, 1.54) is 7.11 Å². The second kappa shape index (κ2) is 9.32. The summed E-state index contributed by atoms with van der Waals surface area (Å²) in [5.41, 5.74) is -3.45. The molecule has 0 atom stereocenters. The minimum absolute atomic E-state index is 0.0552. The monoisotopic (exact) mass is 464 g/mol. The van der Waals surface area contributed by atoms with Gasteiger partial charge in [0.15, 0.2) is 0 Å². The Bertz CT molecular complexity index is 866. The molecule has 2 saturated carbocycles. The summed E-state index contributed by atoms with van der Waals surface area (Å²) in [6.07, 6.45) is -1.05. The summed E-state index contributed by atoms with van der Waals surface area (Å²) < 4.78 is 15.3. The zero-order chi connectivity index (χ0) is 24.4. The van der Waals surface area contributed by atoms with E-state index < -0.39 is 50.6 Å². The van der Waals surface area contributed by atoms with E-state index in [9.17, 15) is 29.8 Å². The minimum atomic E-state index is -1.92. The molecule has 0 spiro atoms. The first-order valence-corrected chi connectivity index (χ1v) is 10.9. The van der Waals surface area contributed by atoms with Gasteiger partial charge in [0.05, 0.1) is 32.2 Å². The van der Waals surface area contributed by atoms with Crippen LogP contribution in [0.25, 0.3) is 0 Å². The van der Waals surface area contributed by atoms with Crippen LogP contribution in [0.4, 0.5) is 0 Å². The molecule has 1 aromatic carbocycles. The lowest BCUT2D eigenvalue weighted by atomic mass is 9.49. The van der Waals surface area contributed by atoms with E-state index in [0.717, 1.165) is 0 Å². The summed E-state index contributed by atoms with van der Waals surface area (Å²) in [4.78, 5) is 49.5. The molecular weight excluding hydrogens is 436 g/mol. The Morgan fingerprint density at radius 2 is 1.27 bits per heavy atom. The second-order valence-corrected chi connectivity index (χ2v) is 8.64. The molecule has 3 rings (SSSR count). The third kappa shape index (κ3) is 4.11. The van der Waals surface area contributed by atoms with Crippen LogP contribution in [-0.2, 0) is 19.1 Å². The van der Waals surface area contributed by atoms with E-state index >= 15 is 0 Å². The molecule has 180 valence electrons. The van der Waals surface area contributed by atoms with Crippen molar-refractivity contribution < 1.29 is 33.6 Å². The highest BCUT2D eigenvalue weighted by atomic mass is 16.6. The minimum Gasteiger partial charge on any atom is -0.497 e. The number of ether oxygens (including phenoxy) is 3. The lowest BCUT2D eigenvalue weighted by Gasteiger charge is -2.51. The molecule has 0 saturated heterocycles. The van der Waals surface area contributed by atoms with Crippen LogP contribution in [0.15, 0.2) is 24.3 Å². The topological polar surface area (TPSA) is 148 Å². The van der Waals surface area contributed by atoms with Crippen LogP contribution in [0.5, 0.6) is 5.75 Å². The van der Waals surface area contributed by atoms with Crippen molar-refractivity contribution in [2.75, 3.05) is 20.3 Å². The van der Waals surface area contributed by atoms with Gasteiger partial charge in [-0.25, -0.2) is 0 Å². The molecule has 0 radical (unpaired) electrons. The summed E-state index contributed by atoms with van der Waals surface area (Å²) in [6, 6.07) is 6.34. The average molecular weight is 464 g/mol.